The van der Waals surface area contributed by atoms with E-state index < -0.39 is 0 Å². The molecule has 1 aromatic rings. The highest BCUT2D eigenvalue weighted by atomic mass is 16.1. The van der Waals surface area contributed by atoms with Crippen LogP contribution in [0.2, 0.25) is 0 Å². The van der Waals surface area contributed by atoms with Crippen LogP contribution in [-0.4, -0.2) is 29.9 Å². The zero-order chi connectivity index (χ0) is 15.2. The molecule has 2 rings (SSSR count). The maximum absolute atomic E-state index is 12.1. The highest BCUT2D eigenvalue weighted by Crippen LogP contribution is 2.20. The molecular formula is C17H27N3O. The molecule has 1 atom stereocenters. The third-order valence-corrected chi connectivity index (χ3v) is 4.16. The summed E-state index contributed by atoms with van der Waals surface area (Å²) in [5.74, 6) is 0.320. The summed E-state index contributed by atoms with van der Waals surface area (Å²) >= 11 is 0. The molecule has 116 valence electrons. The van der Waals surface area contributed by atoms with Crippen LogP contribution in [0.25, 0.3) is 0 Å². The molecule has 1 saturated heterocycles. The summed E-state index contributed by atoms with van der Waals surface area (Å²) in [6, 6.07) is 7.98. The van der Waals surface area contributed by atoms with Crippen molar-refractivity contribution in [2.45, 2.75) is 45.7 Å². The Morgan fingerprint density at radius 3 is 2.62 bits per heavy atom. The van der Waals surface area contributed by atoms with Gasteiger partial charge in [-0.1, -0.05) is 32.0 Å². The van der Waals surface area contributed by atoms with Crippen molar-refractivity contribution in [3.05, 3.63) is 29.8 Å². The van der Waals surface area contributed by atoms with Crippen molar-refractivity contribution in [1.29, 1.82) is 0 Å². The summed E-state index contributed by atoms with van der Waals surface area (Å²) in [5, 5.41) is 3.02. The number of amides is 1. The molecular weight excluding hydrogens is 262 g/mol. The number of rotatable bonds is 6. The zero-order valence-electron chi connectivity index (χ0n) is 13.1. The quantitative estimate of drug-likeness (QED) is 0.846. The molecule has 1 aliphatic heterocycles. The molecule has 21 heavy (non-hydrogen) atoms. The molecule has 1 heterocycles. The average molecular weight is 289 g/mol. The first-order chi connectivity index (χ1) is 10.1. The van der Waals surface area contributed by atoms with E-state index in [1.54, 1.807) is 0 Å². The van der Waals surface area contributed by atoms with Crippen LogP contribution in [0.1, 0.15) is 38.7 Å². The highest BCUT2D eigenvalue weighted by molar-refractivity contribution is 5.91. The minimum Gasteiger partial charge on any atom is -0.327 e. The molecule has 4 nitrogen and oxygen atoms in total. The van der Waals surface area contributed by atoms with Gasteiger partial charge >= 0.3 is 0 Å². The maximum atomic E-state index is 12.1. The van der Waals surface area contributed by atoms with E-state index in [0.29, 0.717) is 12.3 Å². The molecule has 1 unspecified atom stereocenters. The summed E-state index contributed by atoms with van der Waals surface area (Å²) < 4.78 is 0. The molecule has 0 radical (unpaired) electrons. The summed E-state index contributed by atoms with van der Waals surface area (Å²) in [7, 11) is 0. The van der Waals surface area contributed by atoms with Gasteiger partial charge in [0.1, 0.15) is 0 Å². The van der Waals surface area contributed by atoms with Crippen LogP contribution in [0.5, 0.6) is 0 Å². The van der Waals surface area contributed by atoms with Crippen LogP contribution in [0.4, 0.5) is 5.69 Å². The third-order valence-electron chi connectivity index (χ3n) is 4.16. The van der Waals surface area contributed by atoms with Crippen molar-refractivity contribution in [3.63, 3.8) is 0 Å². The molecule has 0 bridgehead atoms. The number of nitrogens with one attached hydrogen (secondary N) is 1. The predicted octanol–water partition coefficient (Wildman–Crippen LogP) is 2.59. The van der Waals surface area contributed by atoms with Crippen molar-refractivity contribution in [3.8, 4) is 0 Å². The Kier molecular flexibility index (Phi) is 5.76. The molecule has 0 saturated carbocycles. The van der Waals surface area contributed by atoms with E-state index in [4.69, 9.17) is 5.73 Å². The van der Waals surface area contributed by atoms with Crippen molar-refractivity contribution in [2.24, 2.45) is 11.7 Å². The van der Waals surface area contributed by atoms with Gasteiger partial charge in [-0.05, 0) is 43.5 Å². The number of likely N-dealkylation sites (tertiary alicyclic amines) is 1. The van der Waals surface area contributed by atoms with E-state index in [1.165, 1.54) is 18.4 Å². The largest absolute Gasteiger partial charge is 0.327 e. The fourth-order valence-electron chi connectivity index (χ4n) is 2.61. The van der Waals surface area contributed by atoms with Crippen LogP contribution in [0.3, 0.4) is 0 Å². The Balaban J connectivity index is 1.97. The second kappa shape index (κ2) is 7.57. The lowest BCUT2D eigenvalue weighted by Crippen LogP contribution is -2.31. The van der Waals surface area contributed by atoms with Crippen LogP contribution in [0, 0.1) is 5.92 Å². The van der Waals surface area contributed by atoms with Crippen molar-refractivity contribution in [2.75, 3.05) is 18.4 Å². The number of benzene rings is 1. The minimum atomic E-state index is -0.0873. The van der Waals surface area contributed by atoms with Gasteiger partial charge in [0.15, 0.2) is 0 Å². The monoisotopic (exact) mass is 289 g/mol. The number of nitrogens with two attached hydrogens (primary N) is 1. The lowest BCUT2D eigenvalue weighted by Gasteiger charge is -2.19. The van der Waals surface area contributed by atoms with Gasteiger partial charge in [-0.2, -0.15) is 0 Å². The Labute approximate surface area is 127 Å². The van der Waals surface area contributed by atoms with Crippen LogP contribution < -0.4 is 11.1 Å². The first-order valence-corrected chi connectivity index (χ1v) is 7.92. The Bertz CT molecular complexity index is 467. The first kappa shape index (κ1) is 16.0. The topological polar surface area (TPSA) is 58.4 Å². The first-order valence-electron chi connectivity index (χ1n) is 7.92. The number of anilines is 1. The normalized spacial score (nSPS) is 17.1. The molecule has 3 N–H and O–H groups in total. The molecule has 1 aliphatic rings. The molecule has 0 spiro atoms. The van der Waals surface area contributed by atoms with Gasteiger partial charge in [0, 0.05) is 24.7 Å². The molecule has 0 aromatic heterocycles. The van der Waals surface area contributed by atoms with E-state index >= 15 is 0 Å². The molecule has 1 fully saturated rings. The van der Waals surface area contributed by atoms with Crippen molar-refractivity contribution in [1.82, 2.24) is 4.90 Å². The summed E-state index contributed by atoms with van der Waals surface area (Å²) in [4.78, 5) is 14.5. The summed E-state index contributed by atoms with van der Waals surface area (Å²) in [5.41, 5.74) is 8.08. The lowest BCUT2D eigenvalue weighted by atomic mass is 10.0. The zero-order valence-corrected chi connectivity index (χ0v) is 13.1. The molecule has 1 amide bonds. The Morgan fingerprint density at radius 1 is 1.29 bits per heavy atom. The third kappa shape index (κ3) is 4.83. The Morgan fingerprint density at radius 2 is 1.95 bits per heavy atom. The van der Waals surface area contributed by atoms with Gasteiger partial charge in [0.05, 0.1) is 0 Å². The number of para-hydroxylation sites is 1. The highest BCUT2D eigenvalue weighted by Gasteiger charge is 2.16. The van der Waals surface area contributed by atoms with Crippen molar-refractivity contribution < 1.29 is 4.79 Å². The fraction of sp³-hybridized carbons (Fsp3) is 0.588. The van der Waals surface area contributed by atoms with Crippen LogP contribution >= 0.6 is 0 Å². The van der Waals surface area contributed by atoms with Gasteiger partial charge in [0.2, 0.25) is 5.91 Å². The molecule has 4 heteroatoms. The summed E-state index contributed by atoms with van der Waals surface area (Å²) in [6.45, 7) is 7.30. The van der Waals surface area contributed by atoms with Gasteiger partial charge in [-0.3, -0.25) is 9.69 Å². The van der Waals surface area contributed by atoms with Crippen LogP contribution in [0.15, 0.2) is 24.3 Å². The van der Waals surface area contributed by atoms with E-state index in [2.05, 4.69) is 16.3 Å². The second-order valence-electron chi connectivity index (χ2n) is 6.30. The standard InChI is InChI=1S/C17H27N3O/c1-13(2)15(18)11-17(21)19-16-8-4-3-7-14(16)12-20-9-5-6-10-20/h3-4,7-8,13,15H,5-6,9-12,18H2,1-2H3,(H,19,21). The smallest absolute Gasteiger partial charge is 0.225 e. The molecule has 1 aromatic carbocycles. The van der Waals surface area contributed by atoms with Gasteiger partial charge < -0.3 is 11.1 Å². The van der Waals surface area contributed by atoms with E-state index in [0.717, 1.165) is 25.3 Å². The number of carbonyl (C=O) groups excluding carboxylic acids is 1. The van der Waals surface area contributed by atoms with Gasteiger partial charge in [0.25, 0.3) is 0 Å². The molecule has 0 aliphatic carbocycles. The minimum absolute atomic E-state index is 0.00470. The van der Waals surface area contributed by atoms with Crippen molar-refractivity contribution >= 4 is 11.6 Å². The average Bonchev–Trinajstić information content (AvgIpc) is 2.93. The lowest BCUT2D eigenvalue weighted by molar-refractivity contribution is -0.116. The van der Waals surface area contributed by atoms with E-state index in [9.17, 15) is 4.79 Å². The fourth-order valence-corrected chi connectivity index (χ4v) is 2.61. The number of hydrogen-bond acceptors (Lipinski definition) is 3. The maximum Gasteiger partial charge on any atom is 0.225 e. The Hall–Kier alpha value is -1.39. The predicted molar refractivity (Wildman–Crippen MR) is 87.0 cm³/mol. The van der Waals surface area contributed by atoms with Gasteiger partial charge in [-0.25, -0.2) is 0 Å². The summed E-state index contributed by atoms with van der Waals surface area (Å²) in [6.07, 6.45) is 2.92. The SMILES string of the molecule is CC(C)C(N)CC(=O)Nc1ccccc1CN1CCCC1. The van der Waals surface area contributed by atoms with Gasteiger partial charge in [-0.15, -0.1) is 0 Å². The van der Waals surface area contributed by atoms with E-state index in [-0.39, 0.29) is 11.9 Å². The van der Waals surface area contributed by atoms with E-state index in [1.807, 2.05) is 32.0 Å². The van der Waals surface area contributed by atoms with Crippen LogP contribution in [-0.2, 0) is 11.3 Å². The number of carbonyl (C=O) groups is 1. The number of hydrogen-bond donors (Lipinski definition) is 2. The second-order valence-corrected chi connectivity index (χ2v) is 6.30. The number of nitrogens with zero attached hydrogens (tertiary/aromatic N) is 1.